The first-order valence-electron chi connectivity index (χ1n) is 17.8. The number of epoxide rings is 1. The standard InChI is InChI=1S/C38H44O14/c1-19(39)49-22-16-23(50-25(40)12-11-20-9-7-6-8-10-20)35-18-48-37(44,30(42)45-5)29(35)33(3,28(41)26-27(35)32(22,2)17-47-26)38-24-15-21(34(38,4)52-38)36(43)13-14-46-31(36)51-24/h6-14,21-24,26-29,31,41,43-44H,15-18H2,1-5H3/b12-11+/t21-,22-,23+,24+,26-,27+,28-,29+,31+,32-,33-,34+,35+,36+,37+,38+/m1/s1. The molecule has 5 aliphatic heterocycles. The predicted molar refractivity (Wildman–Crippen MR) is 174 cm³/mol. The lowest BCUT2D eigenvalue weighted by Crippen LogP contribution is -2.78. The van der Waals surface area contributed by atoms with Gasteiger partial charge in [0.2, 0.25) is 6.29 Å². The van der Waals surface area contributed by atoms with Crippen molar-refractivity contribution in [1.82, 2.24) is 0 Å². The molecule has 1 aromatic carbocycles. The van der Waals surface area contributed by atoms with E-state index >= 15 is 0 Å². The van der Waals surface area contributed by atoms with Gasteiger partial charge in [-0.05, 0) is 31.1 Å². The zero-order valence-corrected chi connectivity index (χ0v) is 29.6. The van der Waals surface area contributed by atoms with Gasteiger partial charge < -0.3 is 53.2 Å². The third-order valence-electron chi connectivity index (χ3n) is 14.4. The molecule has 1 spiro atoms. The van der Waals surface area contributed by atoms with Crippen molar-refractivity contribution in [1.29, 1.82) is 0 Å². The van der Waals surface area contributed by atoms with Gasteiger partial charge in [-0.15, -0.1) is 0 Å². The molecule has 8 aliphatic rings. The molecule has 0 unspecified atom stereocenters. The van der Waals surface area contributed by atoms with Crippen LogP contribution in [0.15, 0.2) is 48.7 Å². The Labute approximate surface area is 299 Å². The number of fused-ring (bicyclic) bond motifs is 7. The minimum atomic E-state index is -2.68. The number of benzene rings is 1. The van der Waals surface area contributed by atoms with Gasteiger partial charge in [0, 0.05) is 53.4 Å². The summed E-state index contributed by atoms with van der Waals surface area (Å²) in [4.78, 5) is 40.3. The average Bonchev–Trinajstić information content (AvgIpc) is 3.44. The van der Waals surface area contributed by atoms with Crippen LogP contribution < -0.4 is 0 Å². The van der Waals surface area contributed by atoms with Crippen molar-refractivity contribution < 1.29 is 67.6 Å². The van der Waals surface area contributed by atoms with Crippen molar-refractivity contribution in [3.8, 4) is 0 Å². The minimum absolute atomic E-state index is 0.0228. The van der Waals surface area contributed by atoms with Crippen molar-refractivity contribution in [2.75, 3.05) is 20.3 Å². The summed E-state index contributed by atoms with van der Waals surface area (Å²) in [7, 11) is 1.13. The number of aliphatic hydroxyl groups is 3. The Balaban J connectivity index is 1.23. The molecule has 0 radical (unpaired) electrons. The van der Waals surface area contributed by atoms with Crippen molar-refractivity contribution in [3.63, 3.8) is 0 Å². The topological polar surface area (TPSA) is 189 Å². The van der Waals surface area contributed by atoms with Gasteiger partial charge in [0.25, 0.3) is 5.79 Å². The third kappa shape index (κ3) is 3.81. The lowest BCUT2D eigenvalue weighted by Gasteiger charge is -2.66. The molecule has 52 heavy (non-hydrogen) atoms. The van der Waals surface area contributed by atoms with E-state index < -0.39 is 111 Å². The lowest BCUT2D eigenvalue weighted by molar-refractivity contribution is -0.314. The third-order valence-corrected chi connectivity index (χ3v) is 14.4. The Hall–Kier alpha value is -3.37. The molecule has 14 nitrogen and oxygen atoms in total. The highest BCUT2D eigenvalue weighted by Crippen LogP contribution is 2.82. The molecule has 16 atom stereocenters. The van der Waals surface area contributed by atoms with Crippen LogP contribution in [0.2, 0.25) is 0 Å². The van der Waals surface area contributed by atoms with E-state index in [1.807, 2.05) is 44.2 Å². The smallest absolute Gasteiger partial charge is 0.366 e. The molecule has 2 bridgehead atoms. The maximum absolute atomic E-state index is 13.9. The van der Waals surface area contributed by atoms with Crippen LogP contribution in [0, 0.1) is 34.0 Å². The van der Waals surface area contributed by atoms with Crippen molar-refractivity contribution >= 4 is 24.0 Å². The van der Waals surface area contributed by atoms with Crippen LogP contribution in [0.3, 0.4) is 0 Å². The number of carbonyl (C=O) groups excluding carboxylic acids is 3. The number of carbonyl (C=O) groups is 3. The first-order chi connectivity index (χ1) is 24.6. The fraction of sp³-hybridized carbons (Fsp3) is 0.658. The maximum atomic E-state index is 13.9. The second-order valence-electron chi connectivity index (χ2n) is 16.5. The van der Waals surface area contributed by atoms with Gasteiger partial charge in [0.05, 0.1) is 44.9 Å². The van der Waals surface area contributed by atoms with Gasteiger partial charge >= 0.3 is 17.9 Å². The Bertz CT molecular complexity index is 1780. The lowest BCUT2D eigenvalue weighted by atomic mass is 9.37. The number of methoxy groups -OCH3 is 1. The monoisotopic (exact) mass is 724 g/mol. The molecule has 14 heteroatoms. The molecule has 3 aliphatic carbocycles. The molecule has 7 fully saturated rings. The number of ether oxygens (including phenoxy) is 8. The van der Waals surface area contributed by atoms with E-state index in [9.17, 15) is 29.7 Å². The first kappa shape index (κ1) is 34.4. The number of rotatable bonds is 6. The summed E-state index contributed by atoms with van der Waals surface area (Å²) < 4.78 is 49.2. The number of aliphatic hydroxyl groups excluding tert-OH is 1. The van der Waals surface area contributed by atoms with Crippen LogP contribution in [-0.2, 0) is 52.3 Å². The van der Waals surface area contributed by atoms with Gasteiger partial charge in [-0.25, -0.2) is 9.59 Å². The van der Waals surface area contributed by atoms with Crippen LogP contribution in [-0.4, -0.2) is 113 Å². The Morgan fingerprint density at radius 1 is 1.00 bits per heavy atom. The van der Waals surface area contributed by atoms with E-state index in [2.05, 4.69) is 0 Å². The zero-order valence-electron chi connectivity index (χ0n) is 29.6. The number of esters is 3. The Morgan fingerprint density at radius 3 is 2.46 bits per heavy atom. The predicted octanol–water partition coefficient (Wildman–Crippen LogP) is 1.39. The molecule has 0 amide bonds. The maximum Gasteiger partial charge on any atom is 0.366 e. The highest BCUT2D eigenvalue weighted by molar-refractivity contribution is 5.87. The fourth-order valence-electron chi connectivity index (χ4n) is 12.6. The summed E-state index contributed by atoms with van der Waals surface area (Å²) >= 11 is 0. The largest absolute Gasteiger partial charge is 0.469 e. The summed E-state index contributed by atoms with van der Waals surface area (Å²) in [6.45, 7) is 6.46. The highest BCUT2D eigenvalue weighted by atomic mass is 16.7. The van der Waals surface area contributed by atoms with E-state index in [1.165, 1.54) is 19.3 Å². The summed E-state index contributed by atoms with van der Waals surface area (Å²) in [5.74, 6) is -7.76. The van der Waals surface area contributed by atoms with Crippen molar-refractivity contribution in [2.45, 2.75) is 99.9 Å². The van der Waals surface area contributed by atoms with Gasteiger partial charge in [-0.3, -0.25) is 4.79 Å². The van der Waals surface area contributed by atoms with Gasteiger partial charge in [0.15, 0.2) is 5.60 Å². The van der Waals surface area contributed by atoms with Crippen LogP contribution in [0.25, 0.3) is 6.08 Å². The zero-order chi connectivity index (χ0) is 36.9. The van der Waals surface area contributed by atoms with Gasteiger partial charge in [-0.2, -0.15) is 0 Å². The van der Waals surface area contributed by atoms with E-state index in [-0.39, 0.29) is 19.6 Å². The highest BCUT2D eigenvalue weighted by Gasteiger charge is 2.96. The number of hydrogen-bond acceptors (Lipinski definition) is 14. The molecular formula is C38H44O14. The Kier molecular flexibility index (Phi) is 7.04. The molecule has 4 saturated heterocycles. The van der Waals surface area contributed by atoms with Gasteiger partial charge in [0.1, 0.15) is 23.4 Å². The molecule has 0 aromatic heterocycles. The van der Waals surface area contributed by atoms with Crippen molar-refractivity contribution in [2.24, 2.45) is 34.0 Å². The van der Waals surface area contributed by atoms with E-state index in [0.717, 1.165) is 12.7 Å². The van der Waals surface area contributed by atoms with Gasteiger partial charge in [-0.1, -0.05) is 44.2 Å². The molecule has 280 valence electrons. The quantitative estimate of drug-likeness (QED) is 0.165. The SMILES string of the molecule is COC(=O)[C@@]1(O)OC[C@@]23[C@@H](OC(=O)/C=C/c4ccccc4)C[C@@H](OC(C)=O)[C@@]4(C)CO[C@@H]([C@@H](O)[C@@](C)([C@]56O[C@@]5(C)[C@H]5C[C@@H]6O[C@@H]6OC=C[C@@]65O)[C@@H]21)[C@@H]43. The Morgan fingerprint density at radius 2 is 1.75 bits per heavy atom. The van der Waals surface area contributed by atoms with E-state index in [4.69, 9.17) is 37.9 Å². The van der Waals surface area contributed by atoms with E-state index in [0.29, 0.717) is 6.42 Å². The number of hydrogen-bond donors (Lipinski definition) is 3. The second-order valence-corrected chi connectivity index (χ2v) is 16.5. The summed E-state index contributed by atoms with van der Waals surface area (Å²) in [5.41, 5.74) is -7.44. The van der Waals surface area contributed by atoms with Crippen LogP contribution in [0.5, 0.6) is 0 Å². The summed E-state index contributed by atoms with van der Waals surface area (Å²) in [5, 5.41) is 37.5. The molecule has 5 heterocycles. The molecule has 9 rings (SSSR count). The summed E-state index contributed by atoms with van der Waals surface area (Å²) in [6.07, 6.45) is -0.0874. The van der Waals surface area contributed by atoms with E-state index in [1.54, 1.807) is 19.1 Å². The van der Waals surface area contributed by atoms with Crippen LogP contribution in [0.4, 0.5) is 0 Å². The summed E-state index contributed by atoms with van der Waals surface area (Å²) in [6, 6.07) is 9.18. The first-order valence-corrected chi connectivity index (χ1v) is 17.8. The average molecular weight is 725 g/mol. The minimum Gasteiger partial charge on any atom is -0.469 e. The second kappa shape index (κ2) is 10.6. The molecular weight excluding hydrogens is 680 g/mol. The molecule has 1 aromatic rings. The van der Waals surface area contributed by atoms with Crippen molar-refractivity contribution in [3.05, 3.63) is 54.3 Å². The molecule has 3 N–H and O–H groups in total. The molecule has 3 saturated carbocycles. The van der Waals surface area contributed by atoms with Crippen LogP contribution >= 0.6 is 0 Å². The van der Waals surface area contributed by atoms with Crippen LogP contribution in [0.1, 0.15) is 46.1 Å². The normalized spacial score (nSPS) is 53.0. The fourth-order valence-corrected chi connectivity index (χ4v) is 12.6.